The molecule has 0 spiro atoms. The lowest BCUT2D eigenvalue weighted by Gasteiger charge is -2.13. The molecule has 4 rings (SSSR count). The van der Waals surface area contributed by atoms with E-state index in [1.807, 2.05) is 30.5 Å². The summed E-state index contributed by atoms with van der Waals surface area (Å²) in [7, 11) is -2.67. The van der Waals surface area contributed by atoms with Gasteiger partial charge in [-0.2, -0.15) is 17.9 Å². The number of aromatic nitrogens is 3. The molecule has 0 unspecified atom stereocenters. The number of halogens is 1. The van der Waals surface area contributed by atoms with Crippen LogP contribution in [0.2, 0.25) is 0 Å². The topological polar surface area (TPSA) is 79.9 Å². The molecular formula is C20H16FN5O2S. The first kappa shape index (κ1) is 18.8. The monoisotopic (exact) mass is 409 g/mol. The summed E-state index contributed by atoms with van der Waals surface area (Å²) in [5.41, 5.74) is 3.15. The molecule has 0 bridgehead atoms. The van der Waals surface area contributed by atoms with Gasteiger partial charge in [0.2, 0.25) is 0 Å². The molecule has 7 nitrogen and oxygen atoms in total. The number of fused-ring (bicyclic) bond motifs is 1. The van der Waals surface area contributed by atoms with Crippen LogP contribution >= 0.6 is 0 Å². The van der Waals surface area contributed by atoms with Crippen molar-refractivity contribution in [1.82, 2.24) is 18.8 Å². The summed E-state index contributed by atoms with van der Waals surface area (Å²) in [5.74, 6) is -0.631. The highest BCUT2D eigenvalue weighted by Crippen LogP contribution is 2.20. The predicted molar refractivity (Wildman–Crippen MR) is 107 cm³/mol. The maximum atomic E-state index is 13.4. The summed E-state index contributed by atoms with van der Waals surface area (Å²) in [6, 6.07) is 12.4. The zero-order chi connectivity index (χ0) is 20.4. The minimum atomic E-state index is -3.96. The lowest BCUT2D eigenvalue weighted by Crippen LogP contribution is -2.22. The minimum absolute atomic E-state index is 0.172. The van der Waals surface area contributed by atoms with Crippen LogP contribution in [0.3, 0.4) is 0 Å². The van der Waals surface area contributed by atoms with Crippen LogP contribution in [0.1, 0.15) is 5.69 Å². The van der Waals surface area contributed by atoms with Crippen molar-refractivity contribution in [3.8, 4) is 11.1 Å². The molecule has 0 aliphatic carbocycles. The van der Waals surface area contributed by atoms with E-state index in [0.717, 1.165) is 21.6 Å². The molecule has 9 heteroatoms. The molecule has 0 aliphatic rings. The lowest BCUT2D eigenvalue weighted by molar-refractivity contribution is 0.489. The van der Waals surface area contributed by atoms with Gasteiger partial charge < -0.3 is 0 Å². The Bertz CT molecular complexity index is 1300. The van der Waals surface area contributed by atoms with E-state index in [0.29, 0.717) is 11.3 Å². The maximum absolute atomic E-state index is 13.4. The average Bonchev–Trinajstić information content (AvgIpc) is 3.14. The van der Waals surface area contributed by atoms with Crippen molar-refractivity contribution in [1.29, 1.82) is 0 Å². The molecule has 0 aliphatic heterocycles. The van der Waals surface area contributed by atoms with E-state index in [9.17, 15) is 12.8 Å². The third-order valence-electron chi connectivity index (χ3n) is 4.32. The van der Waals surface area contributed by atoms with E-state index in [2.05, 4.69) is 15.1 Å². The van der Waals surface area contributed by atoms with Crippen LogP contribution in [0, 0.1) is 5.82 Å². The molecule has 146 valence electrons. The van der Waals surface area contributed by atoms with Gasteiger partial charge in [0.1, 0.15) is 11.5 Å². The van der Waals surface area contributed by atoms with Gasteiger partial charge in [0.15, 0.2) is 0 Å². The number of imidazole rings is 1. The van der Waals surface area contributed by atoms with E-state index in [-0.39, 0.29) is 4.90 Å². The Balaban J connectivity index is 1.66. The van der Waals surface area contributed by atoms with E-state index < -0.39 is 15.8 Å². The Kier molecular flexibility index (Phi) is 4.81. The molecule has 0 atom stereocenters. The minimum Gasteiger partial charge on any atom is -0.298 e. The van der Waals surface area contributed by atoms with E-state index in [4.69, 9.17) is 0 Å². The summed E-state index contributed by atoms with van der Waals surface area (Å²) < 4.78 is 41.1. The Morgan fingerprint density at radius 1 is 1.10 bits per heavy atom. The Morgan fingerprint density at radius 2 is 1.97 bits per heavy atom. The first-order valence-electron chi connectivity index (χ1n) is 8.61. The first-order valence-corrected chi connectivity index (χ1v) is 10.1. The summed E-state index contributed by atoms with van der Waals surface area (Å²) in [6.45, 7) is 0. The second kappa shape index (κ2) is 7.44. The molecule has 0 N–H and O–H groups in total. The smallest absolute Gasteiger partial charge is 0.278 e. The fraction of sp³-hybridized carbons (Fsp3) is 0.0500. The van der Waals surface area contributed by atoms with Gasteiger partial charge in [-0.05, 0) is 36.4 Å². The molecule has 29 heavy (non-hydrogen) atoms. The first-order chi connectivity index (χ1) is 13.9. The Morgan fingerprint density at radius 3 is 2.72 bits per heavy atom. The summed E-state index contributed by atoms with van der Waals surface area (Å²) >= 11 is 0. The normalized spacial score (nSPS) is 11.9. The van der Waals surface area contributed by atoms with E-state index in [1.54, 1.807) is 23.0 Å². The predicted octanol–water partition coefficient (Wildman–Crippen LogP) is 3.19. The molecule has 0 radical (unpaired) electrons. The van der Waals surface area contributed by atoms with Crippen LogP contribution in [-0.4, -0.2) is 40.5 Å². The van der Waals surface area contributed by atoms with Crippen LogP contribution in [0.25, 0.3) is 16.8 Å². The van der Waals surface area contributed by atoms with E-state index in [1.165, 1.54) is 31.5 Å². The molecule has 0 saturated carbocycles. The molecule has 4 aromatic rings. The average molecular weight is 409 g/mol. The zero-order valence-electron chi connectivity index (χ0n) is 15.3. The number of hydrazone groups is 1. The summed E-state index contributed by atoms with van der Waals surface area (Å²) in [4.78, 5) is 8.25. The van der Waals surface area contributed by atoms with Gasteiger partial charge in [-0.1, -0.05) is 12.1 Å². The molecule has 0 amide bonds. The maximum Gasteiger partial charge on any atom is 0.278 e. The second-order valence-electron chi connectivity index (χ2n) is 6.21. The molecular weight excluding hydrogens is 393 g/mol. The van der Waals surface area contributed by atoms with Crippen LogP contribution in [0.4, 0.5) is 4.39 Å². The fourth-order valence-electron chi connectivity index (χ4n) is 2.78. The van der Waals surface area contributed by atoms with Crippen LogP contribution in [0.5, 0.6) is 0 Å². The number of hydrogen-bond acceptors (Lipinski definition) is 5. The van der Waals surface area contributed by atoms with Crippen LogP contribution < -0.4 is 0 Å². The number of pyridine rings is 2. The van der Waals surface area contributed by atoms with Gasteiger partial charge >= 0.3 is 0 Å². The second-order valence-corrected chi connectivity index (χ2v) is 8.16. The largest absolute Gasteiger partial charge is 0.298 e. The molecule has 0 saturated heterocycles. The number of benzene rings is 1. The lowest BCUT2D eigenvalue weighted by atomic mass is 10.1. The SMILES string of the molecule is CN(N=Cc1cnc2ccc(-c3cccnc3)cn12)S(=O)(=O)c1cccc(F)c1. The molecule has 3 aromatic heterocycles. The van der Waals surface area contributed by atoms with Crippen LogP contribution in [-0.2, 0) is 10.0 Å². The standard InChI is InChI=1S/C20H16FN5O2S/c1-25(29(27,28)19-6-2-5-17(21)10-19)24-13-18-12-23-20-8-7-16(14-26(18)20)15-4-3-9-22-11-15/h2-14H,1H3. The Labute approximate surface area is 166 Å². The van der Waals surface area contributed by atoms with Gasteiger partial charge in [0.25, 0.3) is 10.0 Å². The van der Waals surface area contributed by atoms with Crippen LogP contribution in [0.15, 0.2) is 83.3 Å². The van der Waals surface area contributed by atoms with Crippen molar-refractivity contribution >= 4 is 21.9 Å². The van der Waals surface area contributed by atoms with Gasteiger partial charge in [-0.25, -0.2) is 9.37 Å². The highest BCUT2D eigenvalue weighted by molar-refractivity contribution is 7.89. The molecule has 3 heterocycles. The highest BCUT2D eigenvalue weighted by Gasteiger charge is 2.19. The zero-order valence-corrected chi connectivity index (χ0v) is 16.2. The van der Waals surface area contributed by atoms with Crippen molar-refractivity contribution in [2.75, 3.05) is 7.05 Å². The highest BCUT2D eigenvalue weighted by atomic mass is 32.2. The fourth-order valence-corrected chi connectivity index (χ4v) is 3.77. The quantitative estimate of drug-likeness (QED) is 0.375. The molecule has 1 aromatic carbocycles. The number of sulfonamides is 1. The van der Waals surface area contributed by atoms with Crippen molar-refractivity contribution in [2.24, 2.45) is 5.10 Å². The van der Waals surface area contributed by atoms with Gasteiger partial charge in [-0.3, -0.25) is 9.38 Å². The van der Waals surface area contributed by atoms with E-state index >= 15 is 0 Å². The Hall–Kier alpha value is -3.59. The number of hydrogen-bond donors (Lipinski definition) is 0. The van der Waals surface area contributed by atoms with Gasteiger partial charge in [0.05, 0.1) is 23.0 Å². The number of rotatable bonds is 5. The summed E-state index contributed by atoms with van der Waals surface area (Å²) in [5, 5.41) is 4.02. The van der Waals surface area contributed by atoms with Gasteiger partial charge in [-0.15, -0.1) is 0 Å². The third-order valence-corrected chi connectivity index (χ3v) is 5.96. The van der Waals surface area contributed by atoms with Crippen molar-refractivity contribution in [3.63, 3.8) is 0 Å². The third kappa shape index (κ3) is 3.72. The van der Waals surface area contributed by atoms with Crippen molar-refractivity contribution < 1.29 is 12.8 Å². The van der Waals surface area contributed by atoms with Crippen molar-refractivity contribution in [2.45, 2.75) is 4.90 Å². The van der Waals surface area contributed by atoms with Gasteiger partial charge in [0, 0.05) is 36.8 Å². The molecule has 0 fully saturated rings. The number of nitrogens with zero attached hydrogens (tertiary/aromatic N) is 5. The summed E-state index contributed by atoms with van der Waals surface area (Å²) in [6.07, 6.45) is 8.32. The van der Waals surface area contributed by atoms with Crippen molar-refractivity contribution in [3.05, 3.63) is 84.8 Å².